The van der Waals surface area contributed by atoms with E-state index in [1.54, 1.807) is 12.1 Å². The summed E-state index contributed by atoms with van der Waals surface area (Å²) in [5.74, 6) is -2.28. The van der Waals surface area contributed by atoms with Gasteiger partial charge in [0.05, 0.1) is 11.1 Å². The highest BCUT2D eigenvalue weighted by atomic mass is 31.1. The molecule has 2 N–H and O–H groups in total. The van der Waals surface area contributed by atoms with Crippen LogP contribution in [0.4, 0.5) is 0 Å². The number of rotatable bonds is 5. The number of aromatic carboxylic acids is 2. The van der Waals surface area contributed by atoms with Crippen LogP contribution in [0.5, 0.6) is 0 Å². The lowest BCUT2D eigenvalue weighted by atomic mass is 10.1. The summed E-state index contributed by atoms with van der Waals surface area (Å²) >= 11 is 0. The molecule has 4 nitrogen and oxygen atoms in total. The molecule has 5 heteroatoms. The van der Waals surface area contributed by atoms with Gasteiger partial charge in [-0.15, -0.1) is 0 Å². The number of hydrogen-bond donors (Lipinski definition) is 2. The molecule has 124 valence electrons. The summed E-state index contributed by atoms with van der Waals surface area (Å²) in [4.78, 5) is 22.9. The number of carbonyl (C=O) groups is 2. The van der Waals surface area contributed by atoms with Gasteiger partial charge in [-0.1, -0.05) is 60.7 Å². The first kappa shape index (κ1) is 16.9. The lowest BCUT2D eigenvalue weighted by Crippen LogP contribution is -2.22. The van der Waals surface area contributed by atoms with E-state index < -0.39 is 19.9 Å². The minimum atomic E-state index is -1.14. The molecule has 0 unspecified atom stereocenters. The van der Waals surface area contributed by atoms with E-state index in [1.807, 2.05) is 60.7 Å². The second-order valence-corrected chi connectivity index (χ2v) is 7.61. The molecule has 0 heterocycles. The van der Waals surface area contributed by atoms with Crippen LogP contribution in [-0.4, -0.2) is 22.2 Å². The molecule has 0 atom stereocenters. The smallest absolute Gasteiger partial charge is 0.335 e. The van der Waals surface area contributed by atoms with E-state index in [0.717, 1.165) is 10.6 Å². The number of carboxylic acids is 2. The Bertz CT molecular complexity index is 836. The summed E-state index contributed by atoms with van der Waals surface area (Å²) in [6.45, 7) is 0. The van der Waals surface area contributed by atoms with Crippen molar-refractivity contribution in [2.75, 3.05) is 0 Å². The van der Waals surface area contributed by atoms with Crippen molar-refractivity contribution >= 4 is 35.8 Å². The molecule has 0 amide bonds. The molecule has 0 fully saturated rings. The molecule has 0 aliphatic heterocycles. The molecule has 3 aromatic carbocycles. The van der Waals surface area contributed by atoms with E-state index >= 15 is 0 Å². The topological polar surface area (TPSA) is 74.6 Å². The Morgan fingerprint density at radius 1 is 0.600 bits per heavy atom. The Morgan fingerprint density at radius 2 is 1.00 bits per heavy atom. The van der Waals surface area contributed by atoms with Gasteiger partial charge in [0, 0.05) is 0 Å². The van der Waals surface area contributed by atoms with Gasteiger partial charge in [-0.3, -0.25) is 0 Å². The highest BCUT2D eigenvalue weighted by Crippen LogP contribution is 2.33. The second kappa shape index (κ2) is 7.29. The van der Waals surface area contributed by atoms with Crippen LogP contribution in [0.15, 0.2) is 78.9 Å². The Hall–Kier alpha value is -2.97. The highest BCUT2D eigenvalue weighted by molar-refractivity contribution is 7.79. The number of benzene rings is 3. The quantitative estimate of drug-likeness (QED) is 0.694. The van der Waals surface area contributed by atoms with Gasteiger partial charge in [-0.05, 0) is 42.0 Å². The van der Waals surface area contributed by atoms with E-state index in [9.17, 15) is 19.8 Å². The van der Waals surface area contributed by atoms with Crippen molar-refractivity contribution in [3.8, 4) is 0 Å². The molecule has 3 aromatic rings. The Labute approximate surface area is 146 Å². The summed E-state index contributed by atoms with van der Waals surface area (Å²) in [5.41, 5.74) is -0.0384. The second-order valence-electron chi connectivity index (χ2n) is 5.39. The summed E-state index contributed by atoms with van der Waals surface area (Å²) in [5, 5.41) is 21.5. The van der Waals surface area contributed by atoms with E-state index in [-0.39, 0.29) is 11.1 Å². The summed E-state index contributed by atoms with van der Waals surface area (Å²) in [7, 11) is -1.05. The molecule has 0 aliphatic carbocycles. The van der Waals surface area contributed by atoms with Crippen molar-refractivity contribution < 1.29 is 19.8 Å². The lowest BCUT2D eigenvalue weighted by molar-refractivity contribution is 0.0696. The molecular weight excluding hydrogens is 335 g/mol. The zero-order chi connectivity index (χ0) is 17.8. The van der Waals surface area contributed by atoms with Crippen molar-refractivity contribution in [1.82, 2.24) is 0 Å². The average molecular weight is 350 g/mol. The molecule has 0 saturated carbocycles. The van der Waals surface area contributed by atoms with Gasteiger partial charge in [-0.2, -0.15) is 0 Å². The lowest BCUT2D eigenvalue weighted by Gasteiger charge is -2.20. The normalized spacial score (nSPS) is 10.6. The van der Waals surface area contributed by atoms with Crippen LogP contribution in [0.1, 0.15) is 20.7 Å². The van der Waals surface area contributed by atoms with E-state index in [0.29, 0.717) is 5.30 Å². The third-order valence-corrected chi connectivity index (χ3v) is 6.10. The third-order valence-electron chi connectivity index (χ3n) is 3.70. The van der Waals surface area contributed by atoms with Gasteiger partial charge >= 0.3 is 11.9 Å². The SMILES string of the molecule is O=C(O)c1cc(C(=O)O)cc(P(c2ccccc2)c2ccccc2)c1. The first-order valence-electron chi connectivity index (χ1n) is 7.58. The maximum absolute atomic E-state index is 11.4. The minimum Gasteiger partial charge on any atom is -0.478 e. The van der Waals surface area contributed by atoms with Crippen LogP contribution in [0.2, 0.25) is 0 Å². The predicted molar refractivity (Wildman–Crippen MR) is 99.1 cm³/mol. The van der Waals surface area contributed by atoms with Gasteiger partial charge < -0.3 is 10.2 Å². The van der Waals surface area contributed by atoms with Crippen molar-refractivity contribution in [2.24, 2.45) is 0 Å². The van der Waals surface area contributed by atoms with Gasteiger partial charge in [0.1, 0.15) is 0 Å². The standard InChI is InChI=1S/C20H15O4P/c21-19(22)14-11-15(20(23)24)13-18(12-14)25(16-7-3-1-4-8-16)17-9-5-2-6-10-17/h1-13H,(H,21,22)(H,23,24). The van der Waals surface area contributed by atoms with Gasteiger partial charge in [-0.25, -0.2) is 9.59 Å². The number of carboxylic acid groups (broad SMARTS) is 2. The largest absolute Gasteiger partial charge is 0.478 e. The molecule has 3 rings (SSSR count). The van der Waals surface area contributed by atoms with E-state index in [2.05, 4.69) is 0 Å². The molecule has 0 aromatic heterocycles. The average Bonchev–Trinajstić information content (AvgIpc) is 2.63. The molecule has 0 spiro atoms. The first-order valence-corrected chi connectivity index (χ1v) is 8.92. The molecule has 25 heavy (non-hydrogen) atoms. The van der Waals surface area contributed by atoms with E-state index in [4.69, 9.17) is 0 Å². The first-order chi connectivity index (χ1) is 12.1. The maximum Gasteiger partial charge on any atom is 0.335 e. The molecule has 0 saturated heterocycles. The minimum absolute atomic E-state index is 0.0192. The molecule has 0 radical (unpaired) electrons. The van der Waals surface area contributed by atoms with Crippen molar-refractivity contribution in [3.63, 3.8) is 0 Å². The van der Waals surface area contributed by atoms with Gasteiger partial charge in [0.15, 0.2) is 0 Å². The Balaban J connectivity index is 2.23. The van der Waals surface area contributed by atoms with Gasteiger partial charge in [0.2, 0.25) is 0 Å². The van der Waals surface area contributed by atoms with Crippen LogP contribution < -0.4 is 15.9 Å². The van der Waals surface area contributed by atoms with Crippen molar-refractivity contribution in [2.45, 2.75) is 0 Å². The van der Waals surface area contributed by atoms with E-state index in [1.165, 1.54) is 6.07 Å². The van der Waals surface area contributed by atoms with Crippen LogP contribution in [0.25, 0.3) is 0 Å². The predicted octanol–water partition coefficient (Wildman–Crippen LogP) is 2.84. The third kappa shape index (κ3) is 3.76. The maximum atomic E-state index is 11.4. The monoisotopic (exact) mass is 350 g/mol. The fourth-order valence-electron chi connectivity index (χ4n) is 2.59. The molecular formula is C20H15O4P. The Kier molecular flexibility index (Phi) is 4.92. The molecule has 0 bridgehead atoms. The highest BCUT2D eigenvalue weighted by Gasteiger charge is 2.20. The van der Waals surface area contributed by atoms with Crippen LogP contribution in [0, 0.1) is 0 Å². The zero-order valence-corrected chi connectivity index (χ0v) is 14.1. The van der Waals surface area contributed by atoms with Crippen LogP contribution in [-0.2, 0) is 0 Å². The van der Waals surface area contributed by atoms with Crippen LogP contribution >= 0.6 is 7.92 Å². The zero-order valence-electron chi connectivity index (χ0n) is 13.2. The van der Waals surface area contributed by atoms with Crippen molar-refractivity contribution in [1.29, 1.82) is 0 Å². The summed E-state index contributed by atoms with van der Waals surface area (Å²) in [6, 6.07) is 23.8. The number of hydrogen-bond acceptors (Lipinski definition) is 2. The van der Waals surface area contributed by atoms with Crippen LogP contribution in [0.3, 0.4) is 0 Å². The fourth-order valence-corrected chi connectivity index (χ4v) is 4.96. The van der Waals surface area contributed by atoms with Crippen molar-refractivity contribution in [3.05, 3.63) is 90.0 Å². The van der Waals surface area contributed by atoms with Gasteiger partial charge in [0.25, 0.3) is 0 Å². The molecule has 0 aliphatic rings. The summed E-state index contributed by atoms with van der Waals surface area (Å²) < 4.78 is 0. The summed E-state index contributed by atoms with van der Waals surface area (Å²) in [6.07, 6.45) is 0. The fraction of sp³-hybridized carbons (Fsp3) is 0. The Morgan fingerprint density at radius 3 is 1.36 bits per heavy atom.